The van der Waals surface area contributed by atoms with Crippen LogP contribution in [-0.4, -0.2) is 69.3 Å². The van der Waals surface area contributed by atoms with Crippen molar-refractivity contribution < 1.29 is 19.0 Å². The highest BCUT2D eigenvalue weighted by Crippen LogP contribution is 2.27. The molecule has 0 bridgehead atoms. The van der Waals surface area contributed by atoms with E-state index in [-0.39, 0.29) is 12.5 Å². The SMILES string of the molecule is COc1ccc(CCN2CCN(C(=O)COc3ccccc3)CC2)cc1OC. The molecule has 2 aromatic carbocycles. The van der Waals surface area contributed by atoms with E-state index in [1.54, 1.807) is 14.2 Å². The molecule has 0 aromatic heterocycles. The summed E-state index contributed by atoms with van der Waals surface area (Å²) in [5, 5.41) is 0. The molecule has 2 aromatic rings. The smallest absolute Gasteiger partial charge is 0.260 e. The normalized spacial score (nSPS) is 14.6. The van der Waals surface area contributed by atoms with Gasteiger partial charge in [0.05, 0.1) is 14.2 Å². The van der Waals surface area contributed by atoms with Crippen LogP contribution in [0.1, 0.15) is 5.56 Å². The topological polar surface area (TPSA) is 51.2 Å². The van der Waals surface area contributed by atoms with Gasteiger partial charge >= 0.3 is 0 Å². The number of carbonyl (C=O) groups excluding carboxylic acids is 1. The summed E-state index contributed by atoms with van der Waals surface area (Å²) in [6, 6.07) is 15.5. The maximum Gasteiger partial charge on any atom is 0.260 e. The summed E-state index contributed by atoms with van der Waals surface area (Å²) in [7, 11) is 3.29. The lowest BCUT2D eigenvalue weighted by molar-refractivity contribution is -0.135. The second-order valence-corrected chi connectivity index (χ2v) is 6.76. The number of para-hydroxylation sites is 1. The molecule has 150 valence electrons. The first-order valence-corrected chi connectivity index (χ1v) is 9.58. The van der Waals surface area contributed by atoms with Crippen LogP contribution in [0.25, 0.3) is 0 Å². The quantitative estimate of drug-likeness (QED) is 0.700. The van der Waals surface area contributed by atoms with E-state index in [9.17, 15) is 4.79 Å². The van der Waals surface area contributed by atoms with Crippen LogP contribution in [0.5, 0.6) is 17.2 Å². The van der Waals surface area contributed by atoms with Crippen molar-refractivity contribution in [2.24, 2.45) is 0 Å². The summed E-state index contributed by atoms with van der Waals surface area (Å²) in [6.45, 7) is 4.29. The van der Waals surface area contributed by atoms with Crippen LogP contribution in [0.3, 0.4) is 0 Å². The van der Waals surface area contributed by atoms with E-state index < -0.39 is 0 Å². The fraction of sp³-hybridized carbons (Fsp3) is 0.409. The predicted molar refractivity (Wildman–Crippen MR) is 108 cm³/mol. The van der Waals surface area contributed by atoms with Crippen LogP contribution < -0.4 is 14.2 Å². The number of amides is 1. The molecule has 1 aliphatic heterocycles. The summed E-state index contributed by atoms with van der Waals surface area (Å²) in [4.78, 5) is 16.6. The van der Waals surface area contributed by atoms with Crippen molar-refractivity contribution >= 4 is 5.91 Å². The van der Waals surface area contributed by atoms with Gasteiger partial charge in [-0.3, -0.25) is 9.69 Å². The van der Waals surface area contributed by atoms with Gasteiger partial charge in [0.2, 0.25) is 0 Å². The Bertz CT molecular complexity index is 758. The van der Waals surface area contributed by atoms with E-state index in [1.165, 1.54) is 5.56 Å². The second-order valence-electron chi connectivity index (χ2n) is 6.76. The molecule has 28 heavy (non-hydrogen) atoms. The van der Waals surface area contributed by atoms with E-state index in [0.29, 0.717) is 0 Å². The highest BCUT2D eigenvalue weighted by atomic mass is 16.5. The average Bonchev–Trinajstić information content (AvgIpc) is 2.76. The summed E-state index contributed by atoms with van der Waals surface area (Å²) < 4.78 is 16.2. The van der Waals surface area contributed by atoms with Gasteiger partial charge in [-0.2, -0.15) is 0 Å². The molecule has 1 aliphatic rings. The van der Waals surface area contributed by atoms with Crippen LogP contribution in [0.15, 0.2) is 48.5 Å². The fourth-order valence-corrected chi connectivity index (χ4v) is 3.30. The molecule has 0 radical (unpaired) electrons. The summed E-state index contributed by atoms with van der Waals surface area (Å²) in [5.74, 6) is 2.28. The van der Waals surface area contributed by atoms with Gasteiger partial charge < -0.3 is 19.1 Å². The predicted octanol–water partition coefficient (Wildman–Crippen LogP) is 2.47. The number of carbonyl (C=O) groups is 1. The molecular formula is C22H28N2O4. The van der Waals surface area contributed by atoms with Gasteiger partial charge in [-0.05, 0) is 36.2 Å². The Morgan fingerprint density at radius 3 is 2.32 bits per heavy atom. The molecule has 3 rings (SSSR count). The van der Waals surface area contributed by atoms with Crippen molar-refractivity contribution in [1.82, 2.24) is 9.80 Å². The molecular weight excluding hydrogens is 356 g/mol. The van der Waals surface area contributed by atoms with E-state index in [4.69, 9.17) is 14.2 Å². The maximum absolute atomic E-state index is 12.3. The monoisotopic (exact) mass is 384 g/mol. The van der Waals surface area contributed by atoms with Crippen LogP contribution in [0.4, 0.5) is 0 Å². The van der Waals surface area contributed by atoms with Crippen LogP contribution >= 0.6 is 0 Å². The largest absolute Gasteiger partial charge is 0.493 e. The molecule has 0 atom stereocenters. The maximum atomic E-state index is 12.3. The summed E-state index contributed by atoms with van der Waals surface area (Å²) in [5.41, 5.74) is 1.22. The van der Waals surface area contributed by atoms with E-state index >= 15 is 0 Å². The highest BCUT2D eigenvalue weighted by Gasteiger charge is 2.21. The third-order valence-electron chi connectivity index (χ3n) is 5.00. The molecule has 0 N–H and O–H groups in total. The first kappa shape index (κ1) is 20.0. The van der Waals surface area contributed by atoms with E-state index in [0.717, 1.165) is 56.4 Å². The van der Waals surface area contributed by atoms with Crippen molar-refractivity contribution in [1.29, 1.82) is 0 Å². The lowest BCUT2D eigenvalue weighted by Crippen LogP contribution is -2.50. The second kappa shape index (κ2) is 9.99. The Labute approximate surface area is 166 Å². The minimum absolute atomic E-state index is 0.0448. The summed E-state index contributed by atoms with van der Waals surface area (Å²) >= 11 is 0. The molecule has 6 heteroatoms. The molecule has 1 amide bonds. The molecule has 0 unspecified atom stereocenters. The number of methoxy groups -OCH3 is 2. The Hall–Kier alpha value is -2.73. The van der Waals surface area contributed by atoms with Crippen molar-refractivity contribution in [3.05, 3.63) is 54.1 Å². The fourth-order valence-electron chi connectivity index (χ4n) is 3.30. The molecule has 6 nitrogen and oxygen atoms in total. The van der Waals surface area contributed by atoms with E-state index in [1.807, 2.05) is 47.4 Å². The molecule has 0 aliphatic carbocycles. The van der Waals surface area contributed by atoms with Crippen LogP contribution in [0.2, 0.25) is 0 Å². The number of ether oxygens (including phenoxy) is 3. The van der Waals surface area contributed by atoms with Crippen LogP contribution in [-0.2, 0) is 11.2 Å². The number of hydrogen-bond acceptors (Lipinski definition) is 5. The third kappa shape index (κ3) is 5.39. The minimum atomic E-state index is 0.0448. The molecule has 0 saturated carbocycles. The zero-order valence-corrected chi connectivity index (χ0v) is 16.6. The number of nitrogens with zero attached hydrogens (tertiary/aromatic N) is 2. The van der Waals surface area contributed by atoms with Gasteiger partial charge in [0.1, 0.15) is 5.75 Å². The molecule has 0 spiro atoms. The first-order chi connectivity index (χ1) is 13.7. The standard InChI is InChI=1S/C22H28N2O4/c1-26-20-9-8-18(16-21(20)27-2)10-11-23-12-14-24(15-13-23)22(25)17-28-19-6-4-3-5-7-19/h3-9,16H,10-15,17H2,1-2H3. The minimum Gasteiger partial charge on any atom is -0.493 e. The number of rotatable bonds is 8. The van der Waals surface area contributed by atoms with Gasteiger partial charge in [0, 0.05) is 32.7 Å². The lowest BCUT2D eigenvalue weighted by atomic mass is 10.1. The van der Waals surface area contributed by atoms with Crippen molar-refractivity contribution in [3.8, 4) is 17.2 Å². The Balaban J connectivity index is 1.41. The van der Waals surface area contributed by atoms with Gasteiger partial charge in [0.15, 0.2) is 18.1 Å². The van der Waals surface area contributed by atoms with E-state index in [2.05, 4.69) is 11.0 Å². The highest BCUT2D eigenvalue weighted by molar-refractivity contribution is 5.77. The Morgan fingerprint density at radius 1 is 0.929 bits per heavy atom. The van der Waals surface area contributed by atoms with Gasteiger partial charge in [0.25, 0.3) is 5.91 Å². The lowest BCUT2D eigenvalue weighted by Gasteiger charge is -2.34. The third-order valence-corrected chi connectivity index (χ3v) is 5.00. The van der Waals surface area contributed by atoms with Gasteiger partial charge in [-0.15, -0.1) is 0 Å². The summed E-state index contributed by atoms with van der Waals surface area (Å²) in [6.07, 6.45) is 0.936. The molecule has 1 fully saturated rings. The van der Waals surface area contributed by atoms with Crippen molar-refractivity contribution in [2.75, 3.05) is 53.6 Å². The van der Waals surface area contributed by atoms with Crippen LogP contribution in [0, 0.1) is 0 Å². The van der Waals surface area contributed by atoms with Gasteiger partial charge in [-0.1, -0.05) is 24.3 Å². The first-order valence-electron chi connectivity index (χ1n) is 9.58. The Morgan fingerprint density at radius 2 is 1.64 bits per heavy atom. The number of hydrogen-bond donors (Lipinski definition) is 0. The number of piperazine rings is 1. The van der Waals surface area contributed by atoms with Gasteiger partial charge in [-0.25, -0.2) is 0 Å². The average molecular weight is 384 g/mol. The Kier molecular flexibility index (Phi) is 7.14. The molecule has 1 saturated heterocycles. The zero-order chi connectivity index (χ0) is 19.8. The number of benzene rings is 2. The van der Waals surface area contributed by atoms with Crippen molar-refractivity contribution in [2.45, 2.75) is 6.42 Å². The molecule has 1 heterocycles. The zero-order valence-electron chi connectivity index (χ0n) is 16.6. The van der Waals surface area contributed by atoms with Crippen molar-refractivity contribution in [3.63, 3.8) is 0 Å².